The third kappa shape index (κ3) is 9.01. The summed E-state index contributed by atoms with van der Waals surface area (Å²) in [6.45, 7) is 1.54. The fraction of sp³-hybridized carbons (Fsp3) is 0.667. The first-order valence-corrected chi connectivity index (χ1v) is 1.47. The molecule has 0 aliphatic rings. The van der Waals surface area contributed by atoms with Crippen molar-refractivity contribution in [3.8, 4) is 0 Å². The fourth-order valence-corrected chi connectivity index (χ4v) is 0. The van der Waals surface area contributed by atoms with Crippen molar-refractivity contribution >= 4 is 5.97 Å². The van der Waals surface area contributed by atoms with Crippen molar-refractivity contribution in [2.45, 2.75) is 13.3 Å². The second-order valence-corrected chi connectivity index (χ2v) is 0.726. The average molecular weight is 137 g/mol. The first kappa shape index (κ1) is 9.37. The zero-order valence-corrected chi connectivity index (χ0v) is 4.27. The van der Waals surface area contributed by atoms with E-state index in [1.807, 2.05) is 0 Å². The molecule has 0 aliphatic carbocycles. The summed E-state index contributed by atoms with van der Waals surface area (Å²) >= 11 is 0. The Balaban J connectivity index is 0. The number of aliphatic carboxylic acids is 1. The van der Waals surface area contributed by atoms with E-state index < -0.39 is 5.97 Å². The molecule has 0 aromatic carbocycles. The zero-order chi connectivity index (χ0) is 4.28. The predicted molar refractivity (Wildman–Crippen MR) is 15.3 cm³/mol. The van der Waals surface area contributed by atoms with Crippen molar-refractivity contribution in [2.75, 3.05) is 0 Å². The molecule has 0 radical (unpaired) electrons. The van der Waals surface area contributed by atoms with Crippen molar-refractivity contribution in [2.24, 2.45) is 0 Å². The second-order valence-electron chi connectivity index (χ2n) is 0.726. The molecule has 0 aromatic rings. The fourth-order valence-electron chi connectivity index (χ4n) is 0. The molecular weight excluding hydrogens is 132 g/mol. The van der Waals surface area contributed by atoms with Crippen LogP contribution in [0.3, 0.4) is 0 Å². The smallest absolute Gasteiger partial charge is 0.550 e. The third-order valence-corrected chi connectivity index (χ3v) is 0.289. The van der Waals surface area contributed by atoms with E-state index in [0.717, 1.165) is 0 Å². The van der Waals surface area contributed by atoms with Gasteiger partial charge < -0.3 is 9.90 Å². The van der Waals surface area contributed by atoms with E-state index in [1.165, 1.54) is 6.92 Å². The topological polar surface area (TPSA) is 40.1 Å². The number of hydrogen-bond donors (Lipinski definition) is 0. The van der Waals surface area contributed by atoms with Gasteiger partial charge in [-0.15, -0.1) is 0 Å². The molecule has 0 rings (SSSR count). The molecule has 0 aromatic heterocycles. The summed E-state index contributed by atoms with van der Waals surface area (Å²) in [5.41, 5.74) is 0. The van der Waals surface area contributed by atoms with Crippen LogP contribution in [0.15, 0.2) is 0 Å². The molecule has 0 saturated carbocycles. The van der Waals surface area contributed by atoms with Crippen LogP contribution >= 0.6 is 0 Å². The number of carbonyl (C=O) groups excluding carboxylic acids is 1. The van der Waals surface area contributed by atoms with Gasteiger partial charge in [-0.3, -0.25) is 0 Å². The summed E-state index contributed by atoms with van der Waals surface area (Å²) in [6.07, 6.45) is 0.111. The van der Waals surface area contributed by atoms with Crippen LogP contribution in [0.1, 0.15) is 13.3 Å². The van der Waals surface area contributed by atoms with Crippen LogP contribution in [0, 0.1) is 0 Å². The van der Waals surface area contributed by atoms with Crippen LogP contribution in [0.4, 0.5) is 0 Å². The van der Waals surface area contributed by atoms with Crippen LogP contribution in [0.2, 0.25) is 0 Å². The molecule has 0 fully saturated rings. The van der Waals surface area contributed by atoms with Crippen molar-refractivity contribution in [3.63, 3.8) is 0 Å². The van der Waals surface area contributed by atoms with Crippen LogP contribution in [-0.4, -0.2) is 5.97 Å². The van der Waals surface area contributed by atoms with Crippen molar-refractivity contribution < 1.29 is 27.0 Å². The van der Waals surface area contributed by atoms with Crippen LogP contribution in [-0.2, 0) is 21.9 Å². The van der Waals surface area contributed by atoms with E-state index in [-0.39, 0.29) is 23.5 Å². The average Bonchev–Trinajstić information content (AvgIpc) is 1.38. The first-order chi connectivity index (χ1) is 2.27. The number of hydrogen-bond acceptors (Lipinski definition) is 2. The van der Waals surface area contributed by atoms with Gasteiger partial charge in [-0.05, 0) is 6.42 Å². The molecule has 0 bridgehead atoms. The predicted octanol–water partition coefficient (Wildman–Crippen LogP) is -0.856. The van der Waals surface area contributed by atoms with Crippen LogP contribution < -0.4 is 5.11 Å². The minimum Gasteiger partial charge on any atom is -0.550 e. The molecule has 0 heterocycles. The third-order valence-electron chi connectivity index (χ3n) is 0.289. The molecule has 40 valence electrons. The molecule has 0 spiro atoms. The Hall–Kier alpha value is -0.0105. The Morgan fingerprint density at radius 1 is 1.83 bits per heavy atom. The van der Waals surface area contributed by atoms with E-state index in [1.54, 1.807) is 0 Å². The summed E-state index contributed by atoms with van der Waals surface area (Å²) in [7, 11) is 0. The standard InChI is InChI=1S/C3H6O2.Cu/c1-2-3(4)5;/h2H2,1H3,(H,4,5);/q;+1/p-1. The van der Waals surface area contributed by atoms with Gasteiger partial charge in [0.25, 0.3) is 0 Å². The van der Waals surface area contributed by atoms with Gasteiger partial charge in [0.05, 0.1) is 0 Å². The molecule has 0 saturated heterocycles. The molecule has 3 heteroatoms. The molecule has 0 unspecified atom stereocenters. The maximum absolute atomic E-state index is 9.26. The summed E-state index contributed by atoms with van der Waals surface area (Å²) < 4.78 is 0. The van der Waals surface area contributed by atoms with Crippen LogP contribution in [0.25, 0.3) is 0 Å². The quantitative estimate of drug-likeness (QED) is 0.441. The molecule has 0 N–H and O–H groups in total. The second kappa shape index (κ2) is 4.99. The van der Waals surface area contributed by atoms with E-state index in [2.05, 4.69) is 0 Å². The van der Waals surface area contributed by atoms with Crippen molar-refractivity contribution in [1.82, 2.24) is 0 Å². The monoisotopic (exact) mass is 136 g/mol. The Morgan fingerprint density at radius 2 is 2.00 bits per heavy atom. The first-order valence-electron chi connectivity index (χ1n) is 1.47. The van der Waals surface area contributed by atoms with Gasteiger partial charge in [0.2, 0.25) is 0 Å². The van der Waals surface area contributed by atoms with Crippen molar-refractivity contribution in [1.29, 1.82) is 0 Å². The Bertz CT molecular complexity index is 44.1. The molecule has 0 aliphatic heterocycles. The van der Waals surface area contributed by atoms with Crippen molar-refractivity contribution in [3.05, 3.63) is 0 Å². The minimum absolute atomic E-state index is 0. The van der Waals surface area contributed by atoms with Gasteiger partial charge in [-0.1, -0.05) is 6.92 Å². The largest absolute Gasteiger partial charge is 1.00 e. The number of rotatable bonds is 1. The molecule has 0 amide bonds. The minimum atomic E-state index is -0.995. The van der Waals surface area contributed by atoms with E-state index in [4.69, 9.17) is 0 Å². The summed E-state index contributed by atoms with van der Waals surface area (Å²) in [5, 5.41) is 9.26. The number of carbonyl (C=O) groups is 1. The van der Waals surface area contributed by atoms with E-state index in [9.17, 15) is 9.90 Å². The summed E-state index contributed by atoms with van der Waals surface area (Å²) in [4.78, 5) is 9.26. The van der Waals surface area contributed by atoms with Crippen LogP contribution in [0.5, 0.6) is 0 Å². The Kier molecular flexibility index (Phi) is 7.79. The Labute approximate surface area is 47.0 Å². The van der Waals surface area contributed by atoms with Gasteiger partial charge in [-0.2, -0.15) is 0 Å². The van der Waals surface area contributed by atoms with Gasteiger partial charge >= 0.3 is 17.1 Å². The molecular formula is C3H5CuO2. The summed E-state index contributed by atoms with van der Waals surface area (Å²) in [5.74, 6) is -0.995. The van der Waals surface area contributed by atoms with Gasteiger partial charge in [0.1, 0.15) is 0 Å². The normalized spacial score (nSPS) is 6.17. The SMILES string of the molecule is CCC(=O)[O-].[Cu+]. The zero-order valence-electron chi connectivity index (χ0n) is 3.33. The van der Waals surface area contributed by atoms with E-state index in [0.29, 0.717) is 0 Å². The van der Waals surface area contributed by atoms with Gasteiger partial charge in [-0.25, -0.2) is 0 Å². The maximum atomic E-state index is 9.26. The Morgan fingerprint density at radius 3 is 2.00 bits per heavy atom. The van der Waals surface area contributed by atoms with Gasteiger partial charge in [0.15, 0.2) is 0 Å². The maximum Gasteiger partial charge on any atom is 1.00 e. The van der Waals surface area contributed by atoms with Gasteiger partial charge in [0, 0.05) is 5.97 Å². The molecule has 2 nitrogen and oxygen atoms in total. The summed E-state index contributed by atoms with van der Waals surface area (Å²) in [6, 6.07) is 0. The molecule has 0 atom stereocenters. The van der Waals surface area contributed by atoms with E-state index >= 15 is 0 Å². The number of carboxylic acid groups (broad SMARTS) is 1. The molecule has 6 heavy (non-hydrogen) atoms. The number of carboxylic acids is 1.